The summed E-state index contributed by atoms with van der Waals surface area (Å²) in [7, 11) is 0. The largest absolute Gasteiger partial charge is 0.356 e. The number of fused-ring (bicyclic) bond motifs is 1. The lowest BCUT2D eigenvalue weighted by Gasteiger charge is -2.33. The summed E-state index contributed by atoms with van der Waals surface area (Å²) in [5, 5.41) is 4.19. The number of piperidine rings is 1. The lowest BCUT2D eigenvalue weighted by atomic mass is 10.0. The number of hydrogen-bond acceptors (Lipinski definition) is 5. The number of nitrogens with zero attached hydrogens (tertiary/aromatic N) is 4. The number of aromatic nitrogens is 3. The highest BCUT2D eigenvalue weighted by atomic mass is 16.1. The molecule has 1 aromatic carbocycles. The average Bonchev–Trinajstić information content (AvgIpc) is 2.69. The van der Waals surface area contributed by atoms with Crippen molar-refractivity contribution in [2.24, 2.45) is 0 Å². The van der Waals surface area contributed by atoms with Crippen LogP contribution in [0.25, 0.3) is 10.9 Å². The van der Waals surface area contributed by atoms with E-state index in [1.165, 1.54) is 0 Å². The molecule has 0 saturated carbocycles. The summed E-state index contributed by atoms with van der Waals surface area (Å²) >= 11 is 0. The van der Waals surface area contributed by atoms with Crippen molar-refractivity contribution >= 4 is 22.6 Å². The van der Waals surface area contributed by atoms with Crippen molar-refractivity contribution in [3.05, 3.63) is 60.7 Å². The van der Waals surface area contributed by atoms with Gasteiger partial charge in [-0.1, -0.05) is 12.1 Å². The average molecular weight is 333 g/mol. The van der Waals surface area contributed by atoms with Gasteiger partial charge in [-0.3, -0.25) is 9.78 Å². The van der Waals surface area contributed by atoms with Crippen LogP contribution in [0.1, 0.15) is 23.2 Å². The molecule has 0 spiro atoms. The third-order valence-electron chi connectivity index (χ3n) is 4.59. The molecule has 0 bridgehead atoms. The first-order valence-electron chi connectivity index (χ1n) is 8.47. The molecule has 0 radical (unpaired) electrons. The highest BCUT2D eigenvalue weighted by Gasteiger charge is 2.23. The quantitative estimate of drug-likeness (QED) is 0.797. The van der Waals surface area contributed by atoms with Crippen molar-refractivity contribution in [3.63, 3.8) is 0 Å². The van der Waals surface area contributed by atoms with E-state index in [-0.39, 0.29) is 11.9 Å². The number of rotatable bonds is 3. The number of carbonyl (C=O) groups excluding carboxylic acids is 1. The number of nitrogens with one attached hydrogen (secondary N) is 1. The van der Waals surface area contributed by atoms with Gasteiger partial charge in [0.2, 0.25) is 0 Å². The van der Waals surface area contributed by atoms with E-state index in [0.29, 0.717) is 5.56 Å². The number of para-hydroxylation sites is 1. The normalized spacial score (nSPS) is 15.3. The molecule has 3 heterocycles. The van der Waals surface area contributed by atoms with E-state index in [1.807, 2.05) is 18.2 Å². The fourth-order valence-electron chi connectivity index (χ4n) is 3.25. The van der Waals surface area contributed by atoms with Gasteiger partial charge < -0.3 is 10.2 Å². The predicted octanol–water partition coefficient (Wildman–Crippen LogP) is 2.42. The highest BCUT2D eigenvalue weighted by molar-refractivity contribution is 5.94. The van der Waals surface area contributed by atoms with Gasteiger partial charge in [0.05, 0.1) is 5.52 Å². The second kappa shape index (κ2) is 6.84. The van der Waals surface area contributed by atoms with E-state index in [2.05, 4.69) is 31.2 Å². The topological polar surface area (TPSA) is 71.0 Å². The Hall–Kier alpha value is -3.02. The number of carbonyl (C=O) groups is 1. The van der Waals surface area contributed by atoms with Crippen LogP contribution in [0, 0.1) is 0 Å². The van der Waals surface area contributed by atoms with Crippen molar-refractivity contribution in [1.82, 2.24) is 20.3 Å². The van der Waals surface area contributed by atoms with Gasteiger partial charge in [0.1, 0.15) is 12.1 Å². The van der Waals surface area contributed by atoms with Crippen molar-refractivity contribution in [2.75, 3.05) is 18.0 Å². The lowest BCUT2D eigenvalue weighted by molar-refractivity contribution is 0.0931. The Morgan fingerprint density at radius 1 is 1.04 bits per heavy atom. The molecule has 1 aliphatic rings. The zero-order valence-corrected chi connectivity index (χ0v) is 13.8. The molecule has 0 aliphatic carbocycles. The summed E-state index contributed by atoms with van der Waals surface area (Å²) in [6.07, 6.45) is 6.69. The Balaban J connectivity index is 1.42. The number of anilines is 1. The first-order chi connectivity index (χ1) is 12.3. The van der Waals surface area contributed by atoms with Crippen LogP contribution in [0.4, 0.5) is 5.82 Å². The fourth-order valence-corrected chi connectivity index (χ4v) is 3.25. The summed E-state index contributed by atoms with van der Waals surface area (Å²) in [5.41, 5.74) is 1.61. The Kier molecular flexibility index (Phi) is 4.24. The number of pyridine rings is 1. The summed E-state index contributed by atoms with van der Waals surface area (Å²) in [5.74, 6) is 0.942. The Morgan fingerprint density at radius 3 is 2.60 bits per heavy atom. The van der Waals surface area contributed by atoms with Crippen LogP contribution in [-0.2, 0) is 0 Å². The smallest absolute Gasteiger partial charge is 0.251 e. The molecule has 1 N–H and O–H groups in total. The summed E-state index contributed by atoms with van der Waals surface area (Å²) in [4.78, 5) is 27.3. The van der Waals surface area contributed by atoms with Gasteiger partial charge in [-0.2, -0.15) is 0 Å². The van der Waals surface area contributed by atoms with E-state index in [9.17, 15) is 4.79 Å². The molecule has 2 aromatic heterocycles. The Morgan fingerprint density at radius 2 is 1.80 bits per heavy atom. The highest BCUT2D eigenvalue weighted by Crippen LogP contribution is 2.25. The van der Waals surface area contributed by atoms with Crippen LogP contribution in [0.5, 0.6) is 0 Å². The third kappa shape index (κ3) is 3.28. The van der Waals surface area contributed by atoms with Crippen molar-refractivity contribution in [1.29, 1.82) is 0 Å². The summed E-state index contributed by atoms with van der Waals surface area (Å²) < 4.78 is 0. The maximum absolute atomic E-state index is 12.3. The standard InChI is InChI=1S/C19H19N5O/c25-19(14-5-9-20-10-6-14)23-15-7-11-24(12-8-15)18-16-3-1-2-4-17(16)21-13-22-18/h1-6,9-10,13,15H,7-8,11-12H2,(H,23,25). The second-order valence-electron chi connectivity index (χ2n) is 6.19. The minimum atomic E-state index is -0.0339. The van der Waals surface area contributed by atoms with Gasteiger partial charge in [0.15, 0.2) is 0 Å². The molecule has 1 fully saturated rings. The van der Waals surface area contributed by atoms with Crippen molar-refractivity contribution < 1.29 is 4.79 Å². The molecule has 126 valence electrons. The van der Waals surface area contributed by atoms with Gasteiger partial charge >= 0.3 is 0 Å². The van der Waals surface area contributed by atoms with Gasteiger partial charge in [0, 0.05) is 42.5 Å². The zero-order chi connectivity index (χ0) is 17.1. The Labute approximate surface area is 145 Å². The van der Waals surface area contributed by atoms with Gasteiger partial charge in [-0.25, -0.2) is 9.97 Å². The number of benzene rings is 1. The van der Waals surface area contributed by atoms with E-state index in [4.69, 9.17) is 0 Å². The van der Waals surface area contributed by atoms with Gasteiger partial charge in [-0.15, -0.1) is 0 Å². The minimum absolute atomic E-state index is 0.0339. The number of amides is 1. The molecule has 25 heavy (non-hydrogen) atoms. The van der Waals surface area contributed by atoms with Crippen LogP contribution < -0.4 is 10.2 Å². The molecule has 0 atom stereocenters. The zero-order valence-electron chi connectivity index (χ0n) is 13.8. The Bertz CT molecular complexity index is 870. The number of hydrogen-bond donors (Lipinski definition) is 1. The maximum Gasteiger partial charge on any atom is 0.251 e. The molecule has 4 rings (SSSR count). The van der Waals surface area contributed by atoms with Crippen molar-refractivity contribution in [3.8, 4) is 0 Å². The fraction of sp³-hybridized carbons (Fsp3) is 0.263. The van der Waals surface area contributed by atoms with E-state index in [1.54, 1.807) is 30.9 Å². The molecule has 6 heteroatoms. The molecule has 0 unspecified atom stereocenters. The first kappa shape index (κ1) is 15.5. The molecule has 3 aromatic rings. The third-order valence-corrected chi connectivity index (χ3v) is 4.59. The lowest BCUT2D eigenvalue weighted by Crippen LogP contribution is -2.45. The second-order valence-corrected chi connectivity index (χ2v) is 6.19. The first-order valence-corrected chi connectivity index (χ1v) is 8.47. The minimum Gasteiger partial charge on any atom is -0.356 e. The van der Waals surface area contributed by atoms with E-state index < -0.39 is 0 Å². The van der Waals surface area contributed by atoms with Crippen molar-refractivity contribution in [2.45, 2.75) is 18.9 Å². The molecule has 1 amide bonds. The predicted molar refractivity (Wildman–Crippen MR) is 96.5 cm³/mol. The maximum atomic E-state index is 12.3. The van der Waals surface area contributed by atoms with Gasteiger partial charge in [0.25, 0.3) is 5.91 Å². The van der Waals surface area contributed by atoms with Gasteiger partial charge in [-0.05, 0) is 37.1 Å². The summed E-state index contributed by atoms with van der Waals surface area (Å²) in [6, 6.07) is 11.7. The molecule has 1 saturated heterocycles. The van der Waals surface area contributed by atoms with Crippen LogP contribution in [0.15, 0.2) is 55.1 Å². The van der Waals surface area contributed by atoms with Crippen LogP contribution in [0.2, 0.25) is 0 Å². The molecule has 6 nitrogen and oxygen atoms in total. The van der Waals surface area contributed by atoms with Crippen LogP contribution >= 0.6 is 0 Å². The molecule has 1 aliphatic heterocycles. The summed E-state index contributed by atoms with van der Waals surface area (Å²) in [6.45, 7) is 1.73. The van der Waals surface area contributed by atoms with Crippen LogP contribution in [0.3, 0.4) is 0 Å². The monoisotopic (exact) mass is 333 g/mol. The van der Waals surface area contributed by atoms with E-state index >= 15 is 0 Å². The molecular formula is C19H19N5O. The molecular weight excluding hydrogens is 314 g/mol. The van der Waals surface area contributed by atoms with E-state index in [0.717, 1.165) is 42.7 Å². The SMILES string of the molecule is O=C(NC1CCN(c2ncnc3ccccc23)CC1)c1ccncc1. The van der Waals surface area contributed by atoms with Crippen LogP contribution in [-0.4, -0.2) is 40.0 Å².